The van der Waals surface area contributed by atoms with Crippen molar-refractivity contribution in [2.45, 2.75) is 37.0 Å². The molecule has 1 fully saturated rings. The Balaban J connectivity index is 1.71. The number of benzene rings is 1. The van der Waals surface area contributed by atoms with Gasteiger partial charge in [0.1, 0.15) is 5.57 Å². The van der Waals surface area contributed by atoms with Crippen LogP contribution in [0, 0.1) is 5.82 Å². The second kappa shape index (κ2) is 8.91. The van der Waals surface area contributed by atoms with Gasteiger partial charge in [0.2, 0.25) is 5.78 Å². The van der Waals surface area contributed by atoms with Crippen molar-refractivity contribution in [3.63, 3.8) is 0 Å². The molecule has 3 heterocycles. The lowest BCUT2D eigenvalue weighted by Crippen LogP contribution is -2.38. The molecule has 1 aliphatic carbocycles. The molecule has 8 heteroatoms. The number of hydrogen-bond acceptors (Lipinski definition) is 7. The van der Waals surface area contributed by atoms with Gasteiger partial charge in [-0.3, -0.25) is 4.79 Å². The van der Waals surface area contributed by atoms with Gasteiger partial charge >= 0.3 is 5.97 Å². The molecule has 2 aromatic rings. The Labute approximate surface area is 196 Å². The fourth-order valence-corrected chi connectivity index (χ4v) is 6.13. The number of halogens is 1. The first-order valence-electron chi connectivity index (χ1n) is 11.2. The summed E-state index contributed by atoms with van der Waals surface area (Å²) in [5, 5.41) is 0. The zero-order chi connectivity index (χ0) is 23.1. The summed E-state index contributed by atoms with van der Waals surface area (Å²) in [4.78, 5) is 34.9. The molecule has 1 aromatic carbocycles. The van der Waals surface area contributed by atoms with Gasteiger partial charge in [-0.2, -0.15) is 0 Å². The predicted octanol–water partition coefficient (Wildman–Crippen LogP) is 4.45. The predicted molar refractivity (Wildman–Crippen MR) is 123 cm³/mol. The lowest BCUT2D eigenvalue weighted by molar-refractivity contribution is -0.138. The number of aromatic nitrogens is 1. The van der Waals surface area contributed by atoms with Crippen LogP contribution in [0.2, 0.25) is 0 Å². The number of esters is 1. The van der Waals surface area contributed by atoms with Gasteiger partial charge in [-0.05, 0) is 37.0 Å². The Kier molecular flexibility index (Phi) is 5.97. The number of Topliss-reactive ketones (excluding diaryl/α,β-unsaturated/α-hetero) is 1. The van der Waals surface area contributed by atoms with E-state index in [0.717, 1.165) is 10.5 Å². The summed E-state index contributed by atoms with van der Waals surface area (Å²) in [5.41, 5.74) is 1.81. The minimum atomic E-state index is -0.665. The van der Waals surface area contributed by atoms with E-state index in [1.165, 1.54) is 17.8 Å². The van der Waals surface area contributed by atoms with Crippen LogP contribution in [0.3, 0.4) is 0 Å². The Bertz CT molecular complexity index is 1160. The average Bonchev–Trinajstić information content (AvgIpc) is 2.83. The van der Waals surface area contributed by atoms with Gasteiger partial charge in [0.05, 0.1) is 25.5 Å². The molecule has 0 spiro atoms. The number of pyridine rings is 1. The monoisotopic (exact) mass is 468 g/mol. The molecular weight excluding hydrogens is 443 g/mol. The van der Waals surface area contributed by atoms with Crippen molar-refractivity contribution >= 4 is 29.3 Å². The molecule has 1 aromatic heterocycles. The van der Waals surface area contributed by atoms with Crippen molar-refractivity contribution in [3.8, 4) is 0 Å². The maximum Gasteiger partial charge on any atom is 0.342 e. The van der Waals surface area contributed by atoms with Gasteiger partial charge in [0.15, 0.2) is 11.6 Å². The quantitative estimate of drug-likeness (QED) is 0.487. The smallest absolute Gasteiger partial charge is 0.342 e. The second-order valence-electron chi connectivity index (χ2n) is 8.41. The Hall–Kier alpha value is -2.71. The van der Waals surface area contributed by atoms with Gasteiger partial charge in [-0.1, -0.05) is 36.9 Å². The number of carbonyl (C=O) groups is 2. The molecular formula is C25H25FN2O4S. The summed E-state index contributed by atoms with van der Waals surface area (Å²) in [6, 6.07) is 9.29. The molecule has 6 nitrogen and oxygen atoms in total. The number of ketones is 1. The van der Waals surface area contributed by atoms with Crippen LogP contribution >= 0.6 is 11.8 Å². The summed E-state index contributed by atoms with van der Waals surface area (Å²) < 4.78 is 25.9. The van der Waals surface area contributed by atoms with Crippen molar-refractivity contribution in [3.05, 3.63) is 63.4 Å². The number of ether oxygens (including phenoxy) is 2. The highest BCUT2D eigenvalue weighted by atomic mass is 32.2. The lowest BCUT2D eigenvalue weighted by Gasteiger charge is -2.35. The Morgan fingerprint density at radius 1 is 1.30 bits per heavy atom. The topological polar surface area (TPSA) is 68.7 Å². The lowest BCUT2D eigenvalue weighted by atomic mass is 9.77. The highest BCUT2D eigenvalue weighted by molar-refractivity contribution is 8.03. The van der Waals surface area contributed by atoms with Crippen molar-refractivity contribution in [1.82, 2.24) is 4.98 Å². The van der Waals surface area contributed by atoms with Crippen LogP contribution in [0.4, 0.5) is 10.2 Å². The maximum absolute atomic E-state index is 15.3. The minimum absolute atomic E-state index is 0.00391. The van der Waals surface area contributed by atoms with Crippen molar-refractivity contribution in [1.29, 1.82) is 0 Å². The first-order chi connectivity index (χ1) is 16.0. The van der Waals surface area contributed by atoms with E-state index < -0.39 is 17.6 Å². The van der Waals surface area contributed by atoms with Crippen molar-refractivity contribution < 1.29 is 23.5 Å². The summed E-state index contributed by atoms with van der Waals surface area (Å²) in [7, 11) is 0. The Morgan fingerprint density at radius 3 is 2.82 bits per heavy atom. The largest absolute Gasteiger partial charge is 0.462 e. The normalized spacial score (nSPS) is 22.3. The van der Waals surface area contributed by atoms with Crippen molar-refractivity contribution in [2.75, 3.05) is 37.8 Å². The third-order valence-electron chi connectivity index (χ3n) is 6.52. The van der Waals surface area contributed by atoms with Crippen molar-refractivity contribution in [2.24, 2.45) is 0 Å². The highest BCUT2D eigenvalue weighted by Gasteiger charge is 2.40. The van der Waals surface area contributed by atoms with E-state index in [0.29, 0.717) is 43.3 Å². The number of rotatable bonds is 3. The van der Waals surface area contributed by atoms with Crippen LogP contribution in [-0.2, 0) is 14.3 Å². The van der Waals surface area contributed by atoms with Crippen LogP contribution in [0.25, 0.3) is 0 Å². The standard InChI is InChI=1S/C25H25FN2O4S/c1-3-32-25(30)21-20-13-16(15-6-4-5-7-19(15)33-20)14(2)22-17(23(21)29)12-18(26)24(27-22)28-8-10-31-11-9-28/h4-7,12,14,16H,3,8-11,13H2,1-2H3. The first-order valence-corrected chi connectivity index (χ1v) is 12.1. The number of fused-ring (bicyclic) bond motifs is 5. The molecule has 2 aliphatic heterocycles. The molecule has 1 saturated heterocycles. The van der Waals surface area contributed by atoms with Gasteiger partial charge in [0.25, 0.3) is 0 Å². The van der Waals surface area contributed by atoms with Crippen LogP contribution < -0.4 is 4.90 Å². The molecule has 172 valence electrons. The second-order valence-corrected chi connectivity index (χ2v) is 9.55. The molecule has 0 radical (unpaired) electrons. The van der Waals surface area contributed by atoms with E-state index in [1.807, 2.05) is 30.0 Å². The minimum Gasteiger partial charge on any atom is -0.462 e. The molecule has 33 heavy (non-hydrogen) atoms. The van der Waals surface area contributed by atoms with E-state index in [-0.39, 0.29) is 35.4 Å². The fourth-order valence-electron chi connectivity index (χ4n) is 4.84. The highest BCUT2D eigenvalue weighted by Crippen LogP contribution is 2.52. The number of hydrogen-bond donors (Lipinski definition) is 0. The first kappa shape index (κ1) is 22.1. The van der Waals surface area contributed by atoms with E-state index in [4.69, 9.17) is 14.5 Å². The maximum atomic E-state index is 15.3. The Morgan fingerprint density at radius 2 is 2.06 bits per heavy atom. The third kappa shape index (κ3) is 3.85. The average molecular weight is 469 g/mol. The van der Waals surface area contributed by atoms with Gasteiger partial charge in [-0.15, -0.1) is 0 Å². The van der Waals surface area contributed by atoms with Gasteiger partial charge in [0, 0.05) is 34.4 Å². The number of thioether (sulfide) groups is 1. The number of carbonyl (C=O) groups excluding carboxylic acids is 2. The summed E-state index contributed by atoms with van der Waals surface area (Å²) in [5.74, 6) is -1.66. The van der Waals surface area contributed by atoms with Crippen LogP contribution in [0.1, 0.15) is 53.7 Å². The molecule has 3 aliphatic rings. The number of anilines is 1. The number of nitrogens with zero attached hydrogens (tertiary/aromatic N) is 2. The molecule has 0 saturated carbocycles. The molecule has 0 N–H and O–H groups in total. The van der Waals surface area contributed by atoms with E-state index >= 15 is 4.39 Å². The molecule has 2 unspecified atom stereocenters. The molecule has 0 amide bonds. The zero-order valence-electron chi connectivity index (χ0n) is 18.6. The van der Waals surface area contributed by atoms with Crippen LogP contribution in [0.5, 0.6) is 0 Å². The zero-order valence-corrected chi connectivity index (χ0v) is 19.4. The number of allylic oxidation sites excluding steroid dienone is 1. The van der Waals surface area contributed by atoms with Crippen LogP contribution in [-0.4, -0.2) is 49.6 Å². The molecule has 2 atom stereocenters. The molecule has 2 bridgehead atoms. The summed E-state index contributed by atoms with van der Waals surface area (Å²) in [6.07, 6.45) is 0.536. The molecule has 5 rings (SSSR count). The third-order valence-corrected chi connectivity index (χ3v) is 7.73. The van der Waals surface area contributed by atoms with E-state index in [1.54, 1.807) is 6.92 Å². The fraction of sp³-hybridized carbons (Fsp3) is 0.400. The SMILES string of the molecule is CCOC(=O)C1=C2CC(c3ccccc3S2)C(C)c2nc(N3CCOCC3)c(F)cc2C1=O. The summed E-state index contributed by atoms with van der Waals surface area (Å²) >= 11 is 1.43. The summed E-state index contributed by atoms with van der Waals surface area (Å²) in [6.45, 7) is 5.95. The van der Waals surface area contributed by atoms with Gasteiger partial charge in [-0.25, -0.2) is 14.2 Å². The van der Waals surface area contributed by atoms with Gasteiger partial charge < -0.3 is 14.4 Å². The van der Waals surface area contributed by atoms with E-state index in [2.05, 4.69) is 6.07 Å². The van der Waals surface area contributed by atoms with Crippen LogP contribution in [0.15, 0.2) is 45.7 Å². The number of morpholine rings is 1. The van der Waals surface area contributed by atoms with E-state index in [9.17, 15) is 9.59 Å².